The Kier molecular flexibility index (Phi) is 1.30. The van der Waals surface area contributed by atoms with Gasteiger partial charge in [-0.3, -0.25) is 0 Å². The fraction of sp³-hybridized carbons (Fsp3) is 0.400. The average Bonchev–Trinajstić information content (AvgIpc) is 2.14. The number of hydrogen-bond donors (Lipinski definition) is 1. The van der Waals surface area contributed by atoms with Crippen molar-refractivity contribution in [3.8, 4) is 0 Å². The van der Waals surface area contributed by atoms with E-state index in [0.29, 0.717) is 0 Å². The second-order valence-electron chi connectivity index (χ2n) is 1.67. The molecule has 0 bridgehead atoms. The molecule has 0 fully saturated rings. The molecule has 0 spiro atoms. The molecule has 3 nitrogen and oxygen atoms in total. The summed E-state index contributed by atoms with van der Waals surface area (Å²) in [4.78, 5) is 3.89. The average molecular weight is 112 g/mol. The maximum atomic E-state index is 8.47. The molecule has 1 aromatic rings. The Labute approximate surface area is 47.6 Å². The van der Waals surface area contributed by atoms with Gasteiger partial charge < -0.3 is 9.67 Å². The Hall–Kier alpha value is -0.830. The minimum Gasteiger partial charge on any atom is -0.376 e. The van der Waals surface area contributed by atoms with Crippen molar-refractivity contribution in [3.05, 3.63) is 18.2 Å². The van der Waals surface area contributed by atoms with Gasteiger partial charge in [-0.25, -0.2) is 4.98 Å². The third kappa shape index (κ3) is 0.869. The fourth-order valence-corrected chi connectivity index (χ4v) is 0.549. The third-order valence-corrected chi connectivity index (χ3v) is 0.926. The molecule has 3 heteroatoms. The summed E-state index contributed by atoms with van der Waals surface area (Å²) in [7, 11) is 0. The third-order valence-electron chi connectivity index (χ3n) is 0.926. The maximum Gasteiger partial charge on any atom is 0.120 e. The molecule has 0 aliphatic carbocycles. The molecular formula is C5H8N2O. The van der Waals surface area contributed by atoms with Crippen LogP contribution in [0.3, 0.4) is 0 Å². The van der Waals surface area contributed by atoms with E-state index in [4.69, 9.17) is 5.11 Å². The summed E-state index contributed by atoms with van der Waals surface area (Å²) >= 11 is 0. The minimum absolute atomic E-state index is 0.0147. The van der Waals surface area contributed by atoms with Gasteiger partial charge in [0.15, 0.2) is 0 Å². The van der Waals surface area contributed by atoms with Crippen molar-refractivity contribution in [2.75, 3.05) is 0 Å². The van der Waals surface area contributed by atoms with Crippen molar-refractivity contribution in [3.63, 3.8) is 0 Å². The number of aromatic nitrogens is 2. The SMILES string of the molecule is Cc1cn(CO)cn1. The maximum absolute atomic E-state index is 8.47. The molecule has 0 saturated heterocycles. The summed E-state index contributed by atoms with van der Waals surface area (Å²) in [6.45, 7) is 1.90. The lowest BCUT2D eigenvalue weighted by atomic mass is 10.6. The molecule has 8 heavy (non-hydrogen) atoms. The molecule has 0 unspecified atom stereocenters. The summed E-state index contributed by atoms with van der Waals surface area (Å²) in [5.74, 6) is 0. The Morgan fingerprint density at radius 1 is 1.88 bits per heavy atom. The van der Waals surface area contributed by atoms with Gasteiger partial charge in [0.05, 0.1) is 12.0 Å². The molecule has 0 aliphatic rings. The van der Waals surface area contributed by atoms with Crippen LogP contribution in [-0.4, -0.2) is 14.7 Å². The Morgan fingerprint density at radius 2 is 2.62 bits per heavy atom. The zero-order chi connectivity index (χ0) is 5.98. The van der Waals surface area contributed by atoms with Crippen LogP contribution in [0.5, 0.6) is 0 Å². The van der Waals surface area contributed by atoms with E-state index in [1.54, 1.807) is 17.1 Å². The van der Waals surface area contributed by atoms with Gasteiger partial charge in [0.25, 0.3) is 0 Å². The van der Waals surface area contributed by atoms with Crippen molar-refractivity contribution in [2.24, 2.45) is 0 Å². The lowest BCUT2D eigenvalue weighted by Crippen LogP contribution is -1.89. The molecule has 1 aromatic heterocycles. The summed E-state index contributed by atoms with van der Waals surface area (Å²) < 4.78 is 1.61. The molecule has 0 radical (unpaired) electrons. The molecular weight excluding hydrogens is 104 g/mol. The van der Waals surface area contributed by atoms with E-state index >= 15 is 0 Å². The van der Waals surface area contributed by atoms with Gasteiger partial charge in [0, 0.05) is 6.20 Å². The van der Waals surface area contributed by atoms with E-state index in [-0.39, 0.29) is 6.73 Å². The molecule has 0 saturated carbocycles. The topological polar surface area (TPSA) is 38.0 Å². The van der Waals surface area contributed by atoms with Gasteiger partial charge in [-0.1, -0.05) is 0 Å². The van der Waals surface area contributed by atoms with Crippen LogP contribution in [0.1, 0.15) is 5.69 Å². The summed E-state index contributed by atoms with van der Waals surface area (Å²) in [5, 5.41) is 8.47. The van der Waals surface area contributed by atoms with Gasteiger partial charge in [-0.15, -0.1) is 0 Å². The molecule has 44 valence electrons. The Bertz CT molecular complexity index is 171. The number of imidazole rings is 1. The van der Waals surface area contributed by atoms with Crippen molar-refractivity contribution in [1.29, 1.82) is 0 Å². The molecule has 0 amide bonds. The molecule has 0 aromatic carbocycles. The zero-order valence-corrected chi connectivity index (χ0v) is 4.70. The normalized spacial score (nSPS) is 9.75. The molecule has 0 aliphatic heterocycles. The highest BCUT2D eigenvalue weighted by Crippen LogP contribution is 1.89. The standard InChI is InChI=1S/C5H8N2O/c1-5-2-7(4-8)3-6-5/h2-3,8H,4H2,1H3. The number of aryl methyl sites for hydroxylation is 1. The van der Waals surface area contributed by atoms with Crippen LogP contribution < -0.4 is 0 Å². The first-order valence-corrected chi connectivity index (χ1v) is 2.42. The van der Waals surface area contributed by atoms with Crippen LogP contribution in [0.4, 0.5) is 0 Å². The Morgan fingerprint density at radius 3 is 2.88 bits per heavy atom. The number of aliphatic hydroxyl groups excluding tert-OH is 1. The molecule has 1 rings (SSSR count). The van der Waals surface area contributed by atoms with Crippen molar-refractivity contribution < 1.29 is 5.11 Å². The monoisotopic (exact) mass is 112 g/mol. The first-order chi connectivity index (χ1) is 3.83. The highest BCUT2D eigenvalue weighted by atomic mass is 16.3. The van der Waals surface area contributed by atoms with Crippen LogP contribution in [-0.2, 0) is 6.73 Å². The van der Waals surface area contributed by atoms with Crippen LogP contribution in [0, 0.1) is 6.92 Å². The number of nitrogens with zero attached hydrogens (tertiary/aromatic N) is 2. The van der Waals surface area contributed by atoms with Gasteiger partial charge in [0.2, 0.25) is 0 Å². The van der Waals surface area contributed by atoms with E-state index in [1.165, 1.54) is 0 Å². The molecule has 0 atom stereocenters. The van der Waals surface area contributed by atoms with Gasteiger partial charge in [-0.2, -0.15) is 0 Å². The summed E-state index contributed by atoms with van der Waals surface area (Å²) in [5.41, 5.74) is 0.930. The summed E-state index contributed by atoms with van der Waals surface area (Å²) in [6, 6.07) is 0. The van der Waals surface area contributed by atoms with E-state index in [1.807, 2.05) is 6.92 Å². The summed E-state index contributed by atoms with van der Waals surface area (Å²) in [6.07, 6.45) is 3.37. The first-order valence-electron chi connectivity index (χ1n) is 2.42. The van der Waals surface area contributed by atoms with Crippen LogP contribution in [0.2, 0.25) is 0 Å². The highest BCUT2D eigenvalue weighted by molar-refractivity contribution is 4.91. The van der Waals surface area contributed by atoms with E-state index in [9.17, 15) is 0 Å². The van der Waals surface area contributed by atoms with Gasteiger partial charge in [0.1, 0.15) is 6.73 Å². The first kappa shape index (κ1) is 5.31. The largest absolute Gasteiger partial charge is 0.376 e. The van der Waals surface area contributed by atoms with Crippen molar-refractivity contribution in [2.45, 2.75) is 13.7 Å². The smallest absolute Gasteiger partial charge is 0.120 e. The fourth-order valence-electron chi connectivity index (χ4n) is 0.549. The van der Waals surface area contributed by atoms with Crippen LogP contribution in [0.15, 0.2) is 12.5 Å². The lowest BCUT2D eigenvalue weighted by molar-refractivity contribution is 0.210. The van der Waals surface area contributed by atoms with Gasteiger partial charge >= 0.3 is 0 Å². The number of hydrogen-bond acceptors (Lipinski definition) is 2. The van der Waals surface area contributed by atoms with Crippen molar-refractivity contribution >= 4 is 0 Å². The predicted octanol–water partition coefficient (Wildman–Crippen LogP) is 0.141. The second-order valence-corrected chi connectivity index (χ2v) is 1.67. The minimum atomic E-state index is 0.0147. The second kappa shape index (κ2) is 1.96. The van der Waals surface area contributed by atoms with Crippen molar-refractivity contribution in [1.82, 2.24) is 9.55 Å². The molecule has 1 N–H and O–H groups in total. The molecule has 1 heterocycles. The van der Waals surface area contributed by atoms with E-state index in [0.717, 1.165) is 5.69 Å². The van der Waals surface area contributed by atoms with Gasteiger partial charge in [-0.05, 0) is 6.92 Å². The van der Waals surface area contributed by atoms with Crippen LogP contribution >= 0.6 is 0 Å². The Balaban J connectivity index is 2.84. The zero-order valence-electron chi connectivity index (χ0n) is 4.70. The van der Waals surface area contributed by atoms with Crippen LogP contribution in [0.25, 0.3) is 0 Å². The predicted molar refractivity (Wildman–Crippen MR) is 29.2 cm³/mol. The highest BCUT2D eigenvalue weighted by Gasteiger charge is 1.86. The van der Waals surface area contributed by atoms with E-state index in [2.05, 4.69) is 4.98 Å². The number of aliphatic hydroxyl groups is 1. The number of rotatable bonds is 1. The quantitative estimate of drug-likeness (QED) is 0.561. The van der Waals surface area contributed by atoms with E-state index < -0.39 is 0 Å². The lowest BCUT2D eigenvalue weighted by Gasteiger charge is -1.88.